The first kappa shape index (κ1) is 22.4. The minimum Gasteiger partial charge on any atom is -0.451 e. The van der Waals surface area contributed by atoms with Crippen LogP contribution in [0.15, 0.2) is 41.3 Å². The van der Waals surface area contributed by atoms with Gasteiger partial charge in [0.1, 0.15) is 11.8 Å². The molecule has 162 valence electrons. The van der Waals surface area contributed by atoms with E-state index in [4.69, 9.17) is 21.5 Å². The highest BCUT2D eigenvalue weighted by Crippen LogP contribution is 2.32. The van der Waals surface area contributed by atoms with Crippen LogP contribution in [0.4, 0.5) is 8.78 Å². The largest absolute Gasteiger partial charge is 0.451 e. The smallest absolute Gasteiger partial charge is 0.263 e. The van der Waals surface area contributed by atoms with Crippen molar-refractivity contribution in [2.75, 3.05) is 26.7 Å². The van der Waals surface area contributed by atoms with E-state index in [0.717, 1.165) is 4.31 Å². The van der Waals surface area contributed by atoms with Crippen LogP contribution in [-0.4, -0.2) is 61.5 Å². The number of piperazine rings is 1. The molecular weight excluding hydrogens is 444 g/mol. The Hall–Kier alpha value is -2.31. The molecule has 0 aromatic heterocycles. The number of hydrogen-bond donors (Lipinski definition) is 2. The number of rotatable bonds is 5. The summed E-state index contributed by atoms with van der Waals surface area (Å²) in [5.41, 5.74) is 1.42. The van der Waals surface area contributed by atoms with Crippen molar-refractivity contribution in [3.63, 3.8) is 0 Å². The molecule has 3 rings (SSSR count). The number of nitrogens with zero attached hydrogens (tertiary/aromatic N) is 2. The fourth-order valence-corrected chi connectivity index (χ4v) is 4.74. The molecule has 1 fully saturated rings. The first-order valence-corrected chi connectivity index (χ1v) is 10.5. The third kappa shape index (κ3) is 4.55. The van der Waals surface area contributed by atoms with Crippen LogP contribution >= 0.6 is 11.6 Å². The van der Waals surface area contributed by atoms with Crippen molar-refractivity contribution in [1.82, 2.24) is 14.7 Å². The number of hydroxylamine groups is 1. The quantitative estimate of drug-likeness (QED) is 0.523. The minimum atomic E-state index is -4.45. The molecule has 1 aliphatic heterocycles. The summed E-state index contributed by atoms with van der Waals surface area (Å²) in [6.07, 6.45) is 0. The lowest BCUT2D eigenvalue weighted by molar-refractivity contribution is -0.134. The summed E-state index contributed by atoms with van der Waals surface area (Å²) in [6.45, 7) is 0.175. The van der Waals surface area contributed by atoms with Crippen LogP contribution < -0.4 is 10.2 Å². The summed E-state index contributed by atoms with van der Waals surface area (Å²) >= 11 is 5.75. The van der Waals surface area contributed by atoms with Crippen molar-refractivity contribution >= 4 is 27.5 Å². The predicted octanol–water partition coefficient (Wildman–Crippen LogP) is 2.22. The highest BCUT2D eigenvalue weighted by atomic mass is 35.5. The molecule has 12 heteroatoms. The van der Waals surface area contributed by atoms with E-state index in [1.54, 1.807) is 11.9 Å². The van der Waals surface area contributed by atoms with Gasteiger partial charge in [-0.15, -0.1) is 0 Å². The van der Waals surface area contributed by atoms with E-state index in [1.807, 2.05) is 0 Å². The average Bonchev–Trinajstić information content (AvgIpc) is 2.71. The van der Waals surface area contributed by atoms with Crippen LogP contribution in [0.25, 0.3) is 0 Å². The van der Waals surface area contributed by atoms with Gasteiger partial charge < -0.3 is 9.64 Å². The summed E-state index contributed by atoms with van der Waals surface area (Å²) < 4.78 is 61.1. The Morgan fingerprint density at radius 3 is 2.37 bits per heavy atom. The molecule has 1 atom stereocenters. The van der Waals surface area contributed by atoms with Crippen LogP contribution in [0, 0.1) is 11.6 Å². The maximum Gasteiger partial charge on any atom is 0.263 e. The SMILES string of the molecule is CN1CCN(S(=O)(=O)c2cc(F)c(Oc3ccc(Cl)cc3)c(F)c2)[C@H](C(=O)NO)C1. The summed E-state index contributed by atoms with van der Waals surface area (Å²) in [5.74, 6) is -4.10. The zero-order chi connectivity index (χ0) is 22.1. The Bertz CT molecular complexity index is 1030. The van der Waals surface area contributed by atoms with E-state index >= 15 is 0 Å². The van der Waals surface area contributed by atoms with Gasteiger partial charge in [0.25, 0.3) is 5.91 Å². The van der Waals surface area contributed by atoms with E-state index < -0.39 is 44.3 Å². The van der Waals surface area contributed by atoms with Gasteiger partial charge in [-0.25, -0.2) is 22.7 Å². The van der Waals surface area contributed by atoms with Gasteiger partial charge in [0.15, 0.2) is 17.4 Å². The zero-order valence-electron chi connectivity index (χ0n) is 15.7. The second-order valence-corrected chi connectivity index (χ2v) is 8.97. The fraction of sp³-hybridized carbons (Fsp3) is 0.278. The van der Waals surface area contributed by atoms with Gasteiger partial charge in [-0.2, -0.15) is 4.31 Å². The molecular formula is C18H18ClF2N3O5S. The molecule has 0 unspecified atom stereocenters. The van der Waals surface area contributed by atoms with E-state index in [9.17, 15) is 22.0 Å². The Kier molecular flexibility index (Phi) is 6.58. The fourth-order valence-electron chi connectivity index (χ4n) is 3.02. The van der Waals surface area contributed by atoms with E-state index in [2.05, 4.69) is 0 Å². The van der Waals surface area contributed by atoms with Crippen LogP contribution in [0.3, 0.4) is 0 Å². The van der Waals surface area contributed by atoms with Crippen LogP contribution in [-0.2, 0) is 14.8 Å². The van der Waals surface area contributed by atoms with E-state index in [0.29, 0.717) is 17.2 Å². The summed E-state index contributed by atoms with van der Waals surface area (Å²) in [6, 6.07) is 5.69. The lowest BCUT2D eigenvalue weighted by Gasteiger charge is -2.37. The lowest BCUT2D eigenvalue weighted by Crippen LogP contribution is -2.59. The number of carbonyl (C=O) groups excluding carboxylic acids is 1. The molecule has 0 saturated carbocycles. The number of nitrogens with one attached hydrogen (secondary N) is 1. The number of likely N-dealkylation sites (N-methyl/N-ethyl adjacent to an activating group) is 1. The molecule has 8 nitrogen and oxygen atoms in total. The zero-order valence-corrected chi connectivity index (χ0v) is 17.3. The van der Waals surface area contributed by atoms with Crippen molar-refractivity contribution in [1.29, 1.82) is 0 Å². The van der Waals surface area contributed by atoms with Gasteiger partial charge in [-0.05, 0) is 43.4 Å². The molecule has 0 spiro atoms. The van der Waals surface area contributed by atoms with Crippen molar-refractivity contribution < 1.29 is 31.9 Å². The molecule has 2 aromatic rings. The van der Waals surface area contributed by atoms with Gasteiger partial charge in [-0.1, -0.05) is 11.6 Å². The van der Waals surface area contributed by atoms with Crippen LogP contribution in [0.1, 0.15) is 0 Å². The Labute approximate surface area is 176 Å². The number of carbonyl (C=O) groups is 1. The molecule has 1 amide bonds. The number of amides is 1. The highest BCUT2D eigenvalue weighted by Gasteiger charge is 2.40. The van der Waals surface area contributed by atoms with Crippen LogP contribution in [0.2, 0.25) is 5.02 Å². The van der Waals surface area contributed by atoms with Gasteiger partial charge in [0.05, 0.1) is 4.90 Å². The van der Waals surface area contributed by atoms with Gasteiger partial charge in [-0.3, -0.25) is 10.0 Å². The standard InChI is InChI=1S/C18H18ClF2N3O5S/c1-23-6-7-24(16(10-23)18(25)22-26)30(27,28)13-8-14(20)17(15(21)9-13)29-12-4-2-11(19)3-5-12/h2-5,8-9,16,26H,6-7,10H2,1H3,(H,22,25)/t16-/m0/s1. The van der Waals surface area contributed by atoms with Gasteiger partial charge >= 0.3 is 0 Å². The molecule has 2 aromatic carbocycles. The van der Waals surface area contributed by atoms with Gasteiger partial charge in [0.2, 0.25) is 10.0 Å². The van der Waals surface area contributed by atoms with Crippen LogP contribution in [0.5, 0.6) is 11.5 Å². The third-order valence-electron chi connectivity index (χ3n) is 4.56. The first-order valence-electron chi connectivity index (χ1n) is 8.70. The summed E-state index contributed by atoms with van der Waals surface area (Å²) in [4.78, 5) is 13.0. The molecule has 30 heavy (non-hydrogen) atoms. The van der Waals surface area contributed by atoms with Gasteiger partial charge in [0, 0.05) is 24.7 Å². The number of ether oxygens (including phenoxy) is 1. The number of benzene rings is 2. The lowest BCUT2D eigenvalue weighted by atomic mass is 10.2. The molecule has 0 bridgehead atoms. The Morgan fingerprint density at radius 1 is 1.20 bits per heavy atom. The maximum atomic E-state index is 14.6. The molecule has 1 aliphatic rings. The highest BCUT2D eigenvalue weighted by molar-refractivity contribution is 7.89. The maximum absolute atomic E-state index is 14.6. The molecule has 0 radical (unpaired) electrons. The van der Waals surface area contributed by atoms with Crippen molar-refractivity contribution in [2.45, 2.75) is 10.9 Å². The van der Waals surface area contributed by atoms with E-state index in [-0.39, 0.29) is 25.4 Å². The number of hydrogen-bond acceptors (Lipinski definition) is 6. The average molecular weight is 462 g/mol. The second-order valence-electron chi connectivity index (χ2n) is 6.64. The second kappa shape index (κ2) is 8.82. The topological polar surface area (TPSA) is 99.2 Å². The first-order chi connectivity index (χ1) is 14.1. The summed E-state index contributed by atoms with van der Waals surface area (Å²) in [7, 11) is -2.78. The third-order valence-corrected chi connectivity index (χ3v) is 6.70. The molecule has 2 N–H and O–H groups in total. The molecule has 0 aliphatic carbocycles. The number of halogens is 3. The monoisotopic (exact) mass is 461 g/mol. The Balaban J connectivity index is 1.94. The predicted molar refractivity (Wildman–Crippen MR) is 103 cm³/mol. The van der Waals surface area contributed by atoms with E-state index in [1.165, 1.54) is 29.7 Å². The Morgan fingerprint density at radius 2 is 1.80 bits per heavy atom. The van der Waals surface area contributed by atoms with Crippen molar-refractivity contribution in [3.05, 3.63) is 53.1 Å². The molecule has 1 saturated heterocycles. The summed E-state index contributed by atoms with van der Waals surface area (Å²) in [5, 5.41) is 9.33. The minimum absolute atomic E-state index is 0.00561. The van der Waals surface area contributed by atoms with Crippen molar-refractivity contribution in [3.8, 4) is 11.5 Å². The normalized spacial score (nSPS) is 18.2. The molecule has 1 heterocycles. The number of sulfonamides is 1. The van der Waals surface area contributed by atoms with Crippen molar-refractivity contribution in [2.24, 2.45) is 0 Å².